The van der Waals surface area contributed by atoms with Gasteiger partial charge < -0.3 is 4.74 Å². The molecule has 0 saturated heterocycles. The molecule has 0 amide bonds. The molecule has 0 aliphatic heterocycles. The van der Waals surface area contributed by atoms with E-state index < -0.39 is 0 Å². The molecule has 1 aromatic carbocycles. The van der Waals surface area contributed by atoms with Crippen LogP contribution in [0.4, 0.5) is 0 Å². The van der Waals surface area contributed by atoms with E-state index in [1.165, 1.54) is 11.6 Å². The zero-order valence-electron chi connectivity index (χ0n) is 10.6. The maximum atomic E-state index is 11.1. The highest BCUT2D eigenvalue weighted by Gasteiger charge is 1.98. The van der Waals surface area contributed by atoms with Gasteiger partial charge in [-0.25, -0.2) is 4.79 Å². The molecular formula is C15H18O2. The topological polar surface area (TPSA) is 26.3 Å². The Labute approximate surface area is 103 Å². The number of carbonyl (C=O) groups excluding carboxylic acids is 1. The second-order valence-corrected chi connectivity index (χ2v) is 4.07. The Morgan fingerprint density at radius 3 is 2.41 bits per heavy atom. The molecular weight excluding hydrogens is 212 g/mol. The summed E-state index contributed by atoms with van der Waals surface area (Å²) in [5.41, 5.74) is 3.42. The first-order chi connectivity index (χ1) is 8.11. The van der Waals surface area contributed by atoms with Crippen LogP contribution in [0.2, 0.25) is 0 Å². The first-order valence-electron chi connectivity index (χ1n) is 5.65. The molecule has 0 fully saturated rings. The summed E-state index contributed by atoms with van der Waals surface area (Å²) in [6, 6.07) is 7.98. The Morgan fingerprint density at radius 1 is 1.24 bits per heavy atom. The Balaban J connectivity index is 2.57. The second-order valence-electron chi connectivity index (χ2n) is 4.07. The van der Waals surface area contributed by atoms with E-state index in [1.54, 1.807) is 13.0 Å². The Morgan fingerprint density at radius 2 is 1.88 bits per heavy atom. The van der Waals surface area contributed by atoms with Crippen molar-refractivity contribution in [2.24, 2.45) is 0 Å². The van der Waals surface area contributed by atoms with E-state index in [1.807, 2.05) is 24.3 Å². The van der Waals surface area contributed by atoms with Gasteiger partial charge in [0.05, 0.1) is 0 Å². The van der Waals surface area contributed by atoms with E-state index in [2.05, 4.69) is 19.9 Å². The summed E-state index contributed by atoms with van der Waals surface area (Å²) in [6.45, 7) is 6.23. The van der Waals surface area contributed by atoms with Crippen LogP contribution in [0.25, 0.3) is 6.08 Å². The molecule has 2 heteroatoms. The summed E-state index contributed by atoms with van der Waals surface area (Å²) in [7, 11) is 0. The lowest BCUT2D eigenvalue weighted by molar-refractivity contribution is -0.139. The van der Waals surface area contributed by atoms with Crippen molar-refractivity contribution in [2.75, 3.05) is 0 Å². The van der Waals surface area contributed by atoms with Crippen molar-refractivity contribution < 1.29 is 9.53 Å². The van der Waals surface area contributed by atoms with E-state index in [4.69, 9.17) is 4.74 Å². The minimum Gasteiger partial charge on any atom is -0.458 e. The van der Waals surface area contributed by atoms with Gasteiger partial charge in [-0.05, 0) is 31.9 Å². The zero-order chi connectivity index (χ0) is 12.7. The fourth-order valence-corrected chi connectivity index (χ4v) is 1.38. The maximum Gasteiger partial charge on any atom is 0.330 e. The normalized spacial score (nSPS) is 10.3. The molecule has 1 rings (SSSR count). The van der Waals surface area contributed by atoms with Crippen LogP contribution >= 0.6 is 0 Å². The van der Waals surface area contributed by atoms with Gasteiger partial charge in [0.25, 0.3) is 0 Å². The van der Waals surface area contributed by atoms with Crippen LogP contribution in [0.5, 0.6) is 0 Å². The second kappa shape index (κ2) is 6.69. The predicted molar refractivity (Wildman–Crippen MR) is 70.4 cm³/mol. The van der Waals surface area contributed by atoms with Crippen molar-refractivity contribution in [1.82, 2.24) is 0 Å². The van der Waals surface area contributed by atoms with Gasteiger partial charge in [0, 0.05) is 6.08 Å². The average Bonchev–Trinajstić information content (AvgIpc) is 2.28. The highest BCUT2D eigenvalue weighted by Crippen LogP contribution is 2.09. The van der Waals surface area contributed by atoms with Gasteiger partial charge >= 0.3 is 5.97 Å². The lowest BCUT2D eigenvalue weighted by Gasteiger charge is -2.03. The number of carbonyl (C=O) groups is 1. The van der Waals surface area contributed by atoms with Crippen molar-refractivity contribution in [2.45, 2.75) is 27.4 Å². The molecule has 0 spiro atoms. The minimum atomic E-state index is -0.305. The molecule has 90 valence electrons. The molecule has 0 aromatic heterocycles. The molecule has 0 N–H and O–H groups in total. The van der Waals surface area contributed by atoms with Crippen molar-refractivity contribution in [3.63, 3.8) is 0 Å². The number of benzene rings is 1. The lowest BCUT2D eigenvalue weighted by atomic mass is 10.1. The van der Waals surface area contributed by atoms with Crippen LogP contribution in [0.3, 0.4) is 0 Å². The number of allylic oxidation sites excluding steroid dienone is 2. The van der Waals surface area contributed by atoms with E-state index >= 15 is 0 Å². The number of hydrogen-bond acceptors (Lipinski definition) is 2. The molecule has 0 saturated carbocycles. The highest BCUT2D eigenvalue weighted by molar-refractivity contribution is 5.81. The summed E-state index contributed by atoms with van der Waals surface area (Å²) in [5, 5.41) is 0. The molecule has 1 aromatic rings. The van der Waals surface area contributed by atoms with Crippen LogP contribution in [0, 0.1) is 0 Å². The Kier molecular flexibility index (Phi) is 5.21. The lowest BCUT2D eigenvalue weighted by Crippen LogP contribution is -2.00. The third-order valence-electron chi connectivity index (χ3n) is 2.12. The van der Waals surface area contributed by atoms with Gasteiger partial charge in [-0.15, -0.1) is 0 Å². The summed E-state index contributed by atoms with van der Waals surface area (Å²) in [4.78, 5) is 11.1. The zero-order valence-corrected chi connectivity index (χ0v) is 10.6. The van der Waals surface area contributed by atoms with Gasteiger partial charge in [0.15, 0.2) is 0 Å². The predicted octanol–water partition coefficient (Wildman–Crippen LogP) is 3.73. The van der Waals surface area contributed by atoms with Crippen LogP contribution in [0.1, 0.15) is 31.9 Å². The van der Waals surface area contributed by atoms with E-state index in [-0.39, 0.29) is 5.97 Å². The highest BCUT2D eigenvalue weighted by atomic mass is 16.5. The number of hydrogen-bond donors (Lipinski definition) is 0. The standard InChI is InChI=1S/C15H18O2/c1-4-5-15(16)17-11-14-8-6-13(7-9-14)10-12(2)3/h4-10H,11H2,1-3H3/b5-4+. The third-order valence-corrected chi connectivity index (χ3v) is 2.12. The molecule has 0 radical (unpaired) electrons. The van der Waals surface area contributed by atoms with Crippen molar-refractivity contribution in [1.29, 1.82) is 0 Å². The molecule has 0 atom stereocenters. The summed E-state index contributed by atoms with van der Waals surface area (Å²) < 4.78 is 5.05. The smallest absolute Gasteiger partial charge is 0.330 e. The van der Waals surface area contributed by atoms with Gasteiger partial charge in [0.1, 0.15) is 6.61 Å². The molecule has 0 bridgehead atoms. The Hall–Kier alpha value is -1.83. The largest absolute Gasteiger partial charge is 0.458 e. The SMILES string of the molecule is C/C=C/C(=O)OCc1ccc(C=C(C)C)cc1. The van der Waals surface area contributed by atoms with Gasteiger partial charge in [-0.2, -0.15) is 0 Å². The fraction of sp³-hybridized carbons (Fsp3) is 0.267. The molecule has 2 nitrogen and oxygen atoms in total. The van der Waals surface area contributed by atoms with E-state index in [0.717, 1.165) is 11.1 Å². The first kappa shape index (κ1) is 13.2. The number of ether oxygens (including phenoxy) is 1. The monoisotopic (exact) mass is 230 g/mol. The Bertz CT molecular complexity index is 421. The van der Waals surface area contributed by atoms with Crippen molar-refractivity contribution in [3.05, 3.63) is 53.1 Å². The molecule has 0 heterocycles. The maximum absolute atomic E-state index is 11.1. The molecule has 0 aliphatic rings. The summed E-state index contributed by atoms with van der Waals surface area (Å²) in [5.74, 6) is -0.305. The van der Waals surface area contributed by atoms with Gasteiger partial charge in [-0.1, -0.05) is 42.0 Å². The summed E-state index contributed by atoms with van der Waals surface area (Å²) in [6.07, 6.45) is 5.19. The number of esters is 1. The van der Waals surface area contributed by atoms with Crippen LogP contribution in [0.15, 0.2) is 42.0 Å². The van der Waals surface area contributed by atoms with Gasteiger partial charge in [0.2, 0.25) is 0 Å². The van der Waals surface area contributed by atoms with Crippen LogP contribution in [-0.2, 0) is 16.1 Å². The first-order valence-corrected chi connectivity index (χ1v) is 5.65. The molecule has 17 heavy (non-hydrogen) atoms. The van der Waals surface area contributed by atoms with Gasteiger partial charge in [-0.3, -0.25) is 0 Å². The third kappa shape index (κ3) is 5.16. The van der Waals surface area contributed by atoms with E-state index in [9.17, 15) is 4.79 Å². The molecule has 0 aliphatic carbocycles. The number of rotatable bonds is 4. The molecule has 0 unspecified atom stereocenters. The average molecular weight is 230 g/mol. The van der Waals surface area contributed by atoms with Crippen molar-refractivity contribution in [3.8, 4) is 0 Å². The van der Waals surface area contributed by atoms with E-state index in [0.29, 0.717) is 6.61 Å². The quantitative estimate of drug-likeness (QED) is 0.582. The van der Waals surface area contributed by atoms with Crippen LogP contribution < -0.4 is 0 Å². The van der Waals surface area contributed by atoms with Crippen molar-refractivity contribution >= 4 is 12.0 Å². The fourth-order valence-electron chi connectivity index (χ4n) is 1.38. The van der Waals surface area contributed by atoms with Crippen LogP contribution in [-0.4, -0.2) is 5.97 Å². The minimum absolute atomic E-state index is 0.305. The summed E-state index contributed by atoms with van der Waals surface area (Å²) >= 11 is 0.